The molecule has 0 N–H and O–H groups in total. The lowest BCUT2D eigenvalue weighted by atomic mass is 10.1. The first-order chi connectivity index (χ1) is 9.78. The van der Waals surface area contributed by atoms with Crippen molar-refractivity contribution in [3.05, 3.63) is 48.0 Å². The zero-order chi connectivity index (χ0) is 13.9. The summed E-state index contributed by atoms with van der Waals surface area (Å²) in [6, 6.07) is 7.64. The molecule has 0 aliphatic carbocycles. The Morgan fingerprint density at radius 1 is 1.35 bits per heavy atom. The normalized spacial score (nSPS) is 13.9. The Bertz CT molecular complexity index is 621. The first-order valence-corrected chi connectivity index (χ1v) is 6.67. The Balaban J connectivity index is 1.71. The SMILES string of the molecule is COc1ccccc1CC(=O)N1CCn2ccnc2C1. The smallest absolute Gasteiger partial charge is 0.227 e. The van der Waals surface area contributed by atoms with Crippen LogP contribution in [-0.2, 0) is 24.3 Å². The van der Waals surface area contributed by atoms with Crippen molar-refractivity contribution in [3.8, 4) is 5.75 Å². The number of hydrogen-bond donors (Lipinski definition) is 0. The summed E-state index contributed by atoms with van der Waals surface area (Å²) in [4.78, 5) is 18.5. The molecule has 20 heavy (non-hydrogen) atoms. The molecule has 0 radical (unpaired) electrons. The molecule has 1 aromatic carbocycles. The molecule has 2 heterocycles. The van der Waals surface area contributed by atoms with E-state index in [4.69, 9.17) is 4.74 Å². The summed E-state index contributed by atoms with van der Waals surface area (Å²) >= 11 is 0. The van der Waals surface area contributed by atoms with Crippen LogP contribution in [0.3, 0.4) is 0 Å². The van der Waals surface area contributed by atoms with Gasteiger partial charge in [-0.25, -0.2) is 4.98 Å². The highest BCUT2D eigenvalue weighted by molar-refractivity contribution is 5.79. The largest absolute Gasteiger partial charge is 0.496 e. The summed E-state index contributed by atoms with van der Waals surface area (Å²) in [5.41, 5.74) is 0.925. The number of carbonyl (C=O) groups is 1. The first kappa shape index (κ1) is 12.7. The number of imidazole rings is 1. The maximum Gasteiger partial charge on any atom is 0.227 e. The van der Waals surface area contributed by atoms with Gasteiger partial charge in [0.15, 0.2) is 0 Å². The predicted octanol–water partition coefficient (Wildman–Crippen LogP) is 1.48. The van der Waals surface area contributed by atoms with E-state index in [-0.39, 0.29) is 5.91 Å². The highest BCUT2D eigenvalue weighted by Gasteiger charge is 2.21. The molecule has 0 fully saturated rings. The van der Waals surface area contributed by atoms with Gasteiger partial charge >= 0.3 is 0 Å². The van der Waals surface area contributed by atoms with Crippen LogP contribution < -0.4 is 4.74 Å². The lowest BCUT2D eigenvalue weighted by Crippen LogP contribution is -2.39. The molecular formula is C15H17N3O2. The molecule has 104 valence electrons. The average Bonchev–Trinajstić information content (AvgIpc) is 2.95. The van der Waals surface area contributed by atoms with Crippen molar-refractivity contribution in [1.29, 1.82) is 0 Å². The van der Waals surface area contributed by atoms with Gasteiger partial charge in [0.25, 0.3) is 0 Å². The minimum absolute atomic E-state index is 0.115. The number of methoxy groups -OCH3 is 1. The third-order valence-electron chi connectivity index (χ3n) is 3.63. The van der Waals surface area contributed by atoms with Gasteiger partial charge < -0.3 is 14.2 Å². The van der Waals surface area contributed by atoms with Crippen LogP contribution in [0.2, 0.25) is 0 Å². The van der Waals surface area contributed by atoms with Crippen LogP contribution >= 0.6 is 0 Å². The zero-order valence-electron chi connectivity index (χ0n) is 11.5. The van der Waals surface area contributed by atoms with Crippen molar-refractivity contribution in [2.45, 2.75) is 19.5 Å². The van der Waals surface area contributed by atoms with E-state index in [0.717, 1.165) is 30.2 Å². The molecule has 0 saturated heterocycles. The van der Waals surface area contributed by atoms with Gasteiger partial charge in [-0.3, -0.25) is 4.79 Å². The highest BCUT2D eigenvalue weighted by Crippen LogP contribution is 2.19. The number of hydrogen-bond acceptors (Lipinski definition) is 3. The van der Waals surface area contributed by atoms with Crippen molar-refractivity contribution in [2.24, 2.45) is 0 Å². The predicted molar refractivity (Wildman–Crippen MR) is 74.3 cm³/mol. The molecule has 2 aromatic rings. The monoisotopic (exact) mass is 271 g/mol. The minimum atomic E-state index is 0.115. The Morgan fingerprint density at radius 2 is 2.20 bits per heavy atom. The summed E-state index contributed by atoms with van der Waals surface area (Å²) in [6.07, 6.45) is 4.10. The van der Waals surface area contributed by atoms with E-state index >= 15 is 0 Å². The summed E-state index contributed by atoms with van der Waals surface area (Å²) in [5, 5.41) is 0. The zero-order valence-corrected chi connectivity index (χ0v) is 11.5. The number of benzene rings is 1. The van der Waals surface area contributed by atoms with E-state index in [1.165, 1.54) is 0 Å². The van der Waals surface area contributed by atoms with Crippen LogP contribution in [0.4, 0.5) is 0 Å². The molecule has 1 aromatic heterocycles. The van der Waals surface area contributed by atoms with E-state index in [1.54, 1.807) is 13.3 Å². The molecule has 0 bridgehead atoms. The lowest BCUT2D eigenvalue weighted by molar-refractivity contribution is -0.132. The molecule has 5 heteroatoms. The summed E-state index contributed by atoms with van der Waals surface area (Å²) < 4.78 is 7.38. The maximum atomic E-state index is 12.4. The van der Waals surface area contributed by atoms with Gasteiger partial charge in [0.1, 0.15) is 11.6 Å². The highest BCUT2D eigenvalue weighted by atomic mass is 16.5. The Kier molecular flexibility index (Phi) is 3.41. The fourth-order valence-electron chi connectivity index (χ4n) is 2.51. The summed E-state index contributed by atoms with van der Waals surface area (Å²) in [6.45, 7) is 2.13. The summed E-state index contributed by atoms with van der Waals surface area (Å²) in [5.74, 6) is 1.83. The summed E-state index contributed by atoms with van der Waals surface area (Å²) in [7, 11) is 1.63. The number of aromatic nitrogens is 2. The number of nitrogens with zero attached hydrogens (tertiary/aromatic N) is 3. The molecule has 0 saturated carbocycles. The van der Waals surface area contributed by atoms with Crippen molar-refractivity contribution in [1.82, 2.24) is 14.5 Å². The van der Waals surface area contributed by atoms with E-state index < -0.39 is 0 Å². The second-order valence-corrected chi connectivity index (χ2v) is 4.84. The molecular weight excluding hydrogens is 254 g/mol. The van der Waals surface area contributed by atoms with Gasteiger partial charge in [-0.15, -0.1) is 0 Å². The Hall–Kier alpha value is -2.30. The van der Waals surface area contributed by atoms with Crippen LogP contribution in [0.5, 0.6) is 5.75 Å². The van der Waals surface area contributed by atoms with Crippen LogP contribution in [0.15, 0.2) is 36.7 Å². The van der Waals surface area contributed by atoms with Gasteiger partial charge in [0.2, 0.25) is 5.91 Å². The third-order valence-corrected chi connectivity index (χ3v) is 3.63. The standard InChI is InChI=1S/C15H17N3O2/c1-20-13-5-3-2-4-12(13)10-15(19)18-9-8-17-7-6-16-14(17)11-18/h2-7H,8-11H2,1H3. The van der Waals surface area contributed by atoms with Crippen molar-refractivity contribution < 1.29 is 9.53 Å². The van der Waals surface area contributed by atoms with Gasteiger partial charge in [-0.1, -0.05) is 18.2 Å². The molecule has 5 nitrogen and oxygen atoms in total. The quantitative estimate of drug-likeness (QED) is 0.849. The van der Waals surface area contributed by atoms with Gasteiger partial charge in [0, 0.05) is 31.0 Å². The maximum absolute atomic E-state index is 12.4. The Morgan fingerprint density at radius 3 is 3.05 bits per heavy atom. The van der Waals surface area contributed by atoms with Crippen molar-refractivity contribution >= 4 is 5.91 Å². The third kappa shape index (κ3) is 2.39. The number of rotatable bonds is 3. The molecule has 1 aliphatic heterocycles. The number of fused-ring (bicyclic) bond motifs is 1. The number of para-hydroxylation sites is 1. The van der Waals surface area contributed by atoms with Gasteiger partial charge in [0.05, 0.1) is 20.1 Å². The number of carbonyl (C=O) groups excluding carboxylic acids is 1. The molecule has 3 rings (SSSR count). The van der Waals surface area contributed by atoms with Crippen molar-refractivity contribution in [3.63, 3.8) is 0 Å². The molecule has 0 atom stereocenters. The topological polar surface area (TPSA) is 47.4 Å². The fourth-order valence-corrected chi connectivity index (χ4v) is 2.51. The average molecular weight is 271 g/mol. The van der Waals surface area contributed by atoms with E-state index in [0.29, 0.717) is 13.0 Å². The van der Waals surface area contributed by atoms with Gasteiger partial charge in [-0.2, -0.15) is 0 Å². The molecule has 0 unspecified atom stereocenters. The number of amides is 1. The fraction of sp³-hybridized carbons (Fsp3) is 0.333. The van der Waals surface area contributed by atoms with Crippen LogP contribution in [0, 0.1) is 0 Å². The lowest BCUT2D eigenvalue weighted by Gasteiger charge is -2.28. The molecule has 1 amide bonds. The van der Waals surface area contributed by atoms with E-state index in [9.17, 15) is 4.79 Å². The minimum Gasteiger partial charge on any atom is -0.496 e. The second-order valence-electron chi connectivity index (χ2n) is 4.84. The second kappa shape index (κ2) is 5.36. The van der Waals surface area contributed by atoms with E-state index in [2.05, 4.69) is 9.55 Å². The first-order valence-electron chi connectivity index (χ1n) is 6.67. The van der Waals surface area contributed by atoms with Crippen LogP contribution in [0.25, 0.3) is 0 Å². The van der Waals surface area contributed by atoms with Crippen LogP contribution in [-0.4, -0.2) is 34.0 Å². The van der Waals surface area contributed by atoms with Gasteiger partial charge in [-0.05, 0) is 6.07 Å². The molecule has 1 aliphatic rings. The molecule has 0 spiro atoms. The van der Waals surface area contributed by atoms with Crippen molar-refractivity contribution in [2.75, 3.05) is 13.7 Å². The number of ether oxygens (including phenoxy) is 1. The van der Waals surface area contributed by atoms with E-state index in [1.807, 2.05) is 35.4 Å². The van der Waals surface area contributed by atoms with Crippen LogP contribution in [0.1, 0.15) is 11.4 Å². The Labute approximate surface area is 117 Å².